The van der Waals surface area contributed by atoms with Crippen molar-refractivity contribution in [1.29, 1.82) is 0 Å². The number of aromatic nitrogens is 2. The third-order valence-electron chi connectivity index (χ3n) is 6.66. The fraction of sp³-hybridized carbons (Fsp3) is 0.448. The lowest BCUT2D eigenvalue weighted by Crippen LogP contribution is -2.52. The van der Waals surface area contributed by atoms with Gasteiger partial charge in [0.1, 0.15) is 36.2 Å². The number of hydrogen-bond donors (Lipinski definition) is 1. The van der Waals surface area contributed by atoms with E-state index in [1.807, 2.05) is 33.9 Å². The Bertz CT molecular complexity index is 1260. The minimum Gasteiger partial charge on any atom is -0.493 e. The summed E-state index contributed by atoms with van der Waals surface area (Å²) < 4.78 is 51.5. The summed E-state index contributed by atoms with van der Waals surface area (Å²) in [5.74, 6) is -0.687. The number of carbonyl (C=O) groups is 1. The number of rotatable bonds is 13. The highest BCUT2D eigenvalue weighted by atomic mass is 19.1. The van der Waals surface area contributed by atoms with Crippen molar-refractivity contribution in [1.82, 2.24) is 19.4 Å². The fourth-order valence-electron chi connectivity index (χ4n) is 4.76. The van der Waals surface area contributed by atoms with Gasteiger partial charge in [-0.25, -0.2) is 13.8 Å². The van der Waals surface area contributed by atoms with Crippen LogP contribution in [0.2, 0.25) is 0 Å². The molecule has 1 aliphatic rings. The van der Waals surface area contributed by atoms with Gasteiger partial charge in [0, 0.05) is 70.4 Å². The molecule has 0 bridgehead atoms. The SMILES string of the molecule is COCC(=O)N1CCN(Cc2ccc(OC)c(OCCCn3ccnc3)c2)C[C@@](O)(COc2cc(F)cc(F)c2)C1. The van der Waals surface area contributed by atoms with Crippen molar-refractivity contribution in [3.05, 3.63) is 72.3 Å². The molecule has 0 radical (unpaired) electrons. The number of imidazole rings is 1. The van der Waals surface area contributed by atoms with Gasteiger partial charge in [0.25, 0.3) is 0 Å². The van der Waals surface area contributed by atoms with E-state index < -0.39 is 17.2 Å². The number of ether oxygens (including phenoxy) is 4. The number of β-amino-alcohol motifs (C(OH)–C–C–N with tert-alkyl or cyclic N) is 1. The number of aliphatic hydroxyl groups is 1. The van der Waals surface area contributed by atoms with Crippen molar-refractivity contribution < 1.29 is 37.6 Å². The number of hydrogen-bond acceptors (Lipinski definition) is 8. The molecule has 4 rings (SSSR count). The molecule has 10 nitrogen and oxygen atoms in total. The molecule has 1 aromatic heterocycles. The highest BCUT2D eigenvalue weighted by molar-refractivity contribution is 5.77. The third-order valence-corrected chi connectivity index (χ3v) is 6.66. The zero-order valence-electron chi connectivity index (χ0n) is 23.3. The Morgan fingerprint density at radius 1 is 1.05 bits per heavy atom. The van der Waals surface area contributed by atoms with Gasteiger partial charge in [0.15, 0.2) is 11.5 Å². The van der Waals surface area contributed by atoms with Gasteiger partial charge in [-0.15, -0.1) is 0 Å². The number of aryl methyl sites for hydroxylation is 1. The predicted molar refractivity (Wildman–Crippen MR) is 146 cm³/mol. The van der Waals surface area contributed by atoms with Crippen molar-refractivity contribution in [2.45, 2.75) is 25.1 Å². The maximum absolute atomic E-state index is 13.7. The molecule has 2 heterocycles. The summed E-state index contributed by atoms with van der Waals surface area (Å²) >= 11 is 0. The van der Waals surface area contributed by atoms with E-state index in [1.165, 1.54) is 12.0 Å². The largest absolute Gasteiger partial charge is 0.493 e. The van der Waals surface area contributed by atoms with E-state index in [-0.39, 0.29) is 38.0 Å². The summed E-state index contributed by atoms with van der Waals surface area (Å²) in [5, 5.41) is 11.6. The molecule has 1 aliphatic heterocycles. The Morgan fingerprint density at radius 2 is 1.85 bits per heavy atom. The monoisotopic (exact) mass is 574 g/mol. The Hall–Kier alpha value is -3.74. The van der Waals surface area contributed by atoms with Crippen LogP contribution in [0, 0.1) is 11.6 Å². The van der Waals surface area contributed by atoms with Gasteiger partial charge in [0.05, 0.1) is 26.6 Å². The zero-order valence-corrected chi connectivity index (χ0v) is 23.3. The molecule has 0 spiro atoms. The second-order valence-electron chi connectivity index (χ2n) is 10.1. The standard InChI is InChI=1S/C29H36F2N4O6/c1-38-17-28(36)35-10-9-34(18-29(37,19-35)20-41-25-14-23(30)13-24(31)15-25)16-22-4-5-26(39-2)27(12-22)40-11-3-7-33-8-6-32-21-33/h4-6,8,12-15,21,37H,3,7,9-11,16-20H2,1-2H3/t29-/m0/s1. The first-order valence-corrected chi connectivity index (χ1v) is 13.3. The number of methoxy groups -OCH3 is 2. The lowest BCUT2D eigenvalue weighted by molar-refractivity contribution is -0.138. The minimum atomic E-state index is -1.53. The van der Waals surface area contributed by atoms with Crippen LogP contribution in [0.4, 0.5) is 8.78 Å². The quantitative estimate of drug-likeness (QED) is 0.312. The van der Waals surface area contributed by atoms with Gasteiger partial charge in [-0.1, -0.05) is 6.07 Å². The Labute approximate surface area is 238 Å². The maximum Gasteiger partial charge on any atom is 0.248 e. The van der Waals surface area contributed by atoms with E-state index in [0.29, 0.717) is 37.7 Å². The van der Waals surface area contributed by atoms with Crippen molar-refractivity contribution in [2.24, 2.45) is 0 Å². The van der Waals surface area contributed by atoms with E-state index in [1.54, 1.807) is 19.6 Å². The molecule has 12 heteroatoms. The first-order valence-electron chi connectivity index (χ1n) is 13.3. The van der Waals surface area contributed by atoms with Crippen LogP contribution in [0.25, 0.3) is 0 Å². The number of nitrogens with zero attached hydrogens (tertiary/aromatic N) is 4. The normalized spacial score (nSPS) is 17.7. The summed E-state index contributed by atoms with van der Waals surface area (Å²) in [4.78, 5) is 20.2. The molecule has 0 aliphatic carbocycles. The fourth-order valence-corrected chi connectivity index (χ4v) is 4.76. The van der Waals surface area contributed by atoms with Crippen molar-refractivity contribution >= 4 is 5.91 Å². The topological polar surface area (TPSA) is 98.5 Å². The Morgan fingerprint density at radius 3 is 2.56 bits per heavy atom. The van der Waals surface area contributed by atoms with E-state index in [4.69, 9.17) is 18.9 Å². The van der Waals surface area contributed by atoms with Crippen LogP contribution in [-0.2, 0) is 22.6 Å². The Kier molecular flexibility index (Phi) is 10.5. The molecule has 1 fully saturated rings. The first-order chi connectivity index (χ1) is 19.8. The van der Waals surface area contributed by atoms with Gasteiger partial charge in [0.2, 0.25) is 5.91 Å². The van der Waals surface area contributed by atoms with Crippen molar-refractivity contribution in [2.75, 3.05) is 60.2 Å². The van der Waals surface area contributed by atoms with Gasteiger partial charge in [-0.05, 0) is 24.1 Å². The van der Waals surface area contributed by atoms with Crippen LogP contribution in [-0.4, -0.2) is 96.2 Å². The summed E-state index contributed by atoms with van der Waals surface area (Å²) in [6.07, 6.45) is 6.17. The van der Waals surface area contributed by atoms with Gasteiger partial charge in [-0.3, -0.25) is 9.69 Å². The summed E-state index contributed by atoms with van der Waals surface area (Å²) in [5.41, 5.74) is -0.607. The van der Waals surface area contributed by atoms with Crippen LogP contribution in [0.3, 0.4) is 0 Å². The maximum atomic E-state index is 13.7. The number of halogens is 2. The average molecular weight is 575 g/mol. The number of amides is 1. The van der Waals surface area contributed by atoms with Gasteiger partial charge in [-0.2, -0.15) is 0 Å². The minimum absolute atomic E-state index is 0.0304. The second-order valence-corrected chi connectivity index (χ2v) is 10.1. The molecular formula is C29H36F2N4O6. The lowest BCUT2D eigenvalue weighted by Gasteiger charge is -2.33. The molecule has 2 aromatic carbocycles. The second kappa shape index (κ2) is 14.2. The van der Waals surface area contributed by atoms with Crippen molar-refractivity contribution in [3.63, 3.8) is 0 Å². The first kappa shape index (κ1) is 30.2. The highest BCUT2D eigenvalue weighted by Crippen LogP contribution is 2.29. The lowest BCUT2D eigenvalue weighted by atomic mass is 10.0. The molecule has 1 saturated heterocycles. The molecule has 1 atom stereocenters. The van der Waals surface area contributed by atoms with E-state index in [0.717, 1.165) is 36.7 Å². The van der Waals surface area contributed by atoms with Gasteiger partial charge < -0.3 is 33.5 Å². The van der Waals surface area contributed by atoms with Crippen LogP contribution in [0.15, 0.2) is 55.1 Å². The zero-order chi connectivity index (χ0) is 29.2. The smallest absolute Gasteiger partial charge is 0.248 e. The Balaban J connectivity index is 1.45. The van der Waals surface area contributed by atoms with E-state index in [2.05, 4.69) is 4.98 Å². The van der Waals surface area contributed by atoms with Crippen LogP contribution in [0.1, 0.15) is 12.0 Å². The molecule has 41 heavy (non-hydrogen) atoms. The molecule has 0 saturated carbocycles. The van der Waals surface area contributed by atoms with E-state index >= 15 is 0 Å². The summed E-state index contributed by atoms with van der Waals surface area (Å²) in [7, 11) is 3.01. The average Bonchev–Trinajstić information content (AvgIpc) is 3.39. The van der Waals surface area contributed by atoms with Crippen molar-refractivity contribution in [3.8, 4) is 17.2 Å². The summed E-state index contributed by atoms with van der Waals surface area (Å²) in [6, 6.07) is 8.49. The molecule has 1 amide bonds. The van der Waals surface area contributed by atoms with Gasteiger partial charge >= 0.3 is 0 Å². The van der Waals surface area contributed by atoms with Crippen LogP contribution >= 0.6 is 0 Å². The molecular weight excluding hydrogens is 538 g/mol. The van der Waals surface area contributed by atoms with E-state index in [9.17, 15) is 18.7 Å². The molecule has 3 aromatic rings. The molecule has 0 unspecified atom stereocenters. The number of carbonyl (C=O) groups excluding carboxylic acids is 1. The number of benzene rings is 2. The highest BCUT2D eigenvalue weighted by Gasteiger charge is 2.37. The van der Waals surface area contributed by atoms with Crippen LogP contribution in [0.5, 0.6) is 17.2 Å². The molecule has 1 N–H and O–H groups in total. The summed E-state index contributed by atoms with van der Waals surface area (Å²) in [6.45, 7) is 2.23. The predicted octanol–water partition coefficient (Wildman–Crippen LogP) is 2.74. The van der Waals surface area contributed by atoms with Crippen LogP contribution < -0.4 is 14.2 Å². The molecule has 222 valence electrons. The third kappa shape index (κ3) is 8.87.